The Kier molecular flexibility index (Phi) is 3.04. The van der Waals surface area contributed by atoms with Gasteiger partial charge in [-0.05, 0) is 12.8 Å². The van der Waals surface area contributed by atoms with Crippen LogP contribution in [0.4, 0.5) is 0 Å². The van der Waals surface area contributed by atoms with Crippen LogP contribution in [-0.4, -0.2) is 58.9 Å². The van der Waals surface area contributed by atoms with Gasteiger partial charge < -0.3 is 14.9 Å². The van der Waals surface area contributed by atoms with Gasteiger partial charge in [0.05, 0.1) is 6.42 Å². The number of carboxylic acid groups (broad SMARTS) is 1. The van der Waals surface area contributed by atoms with Gasteiger partial charge in [-0.15, -0.1) is 0 Å². The molecule has 2 amide bonds. The van der Waals surface area contributed by atoms with Crippen LogP contribution in [0, 0.1) is 5.92 Å². The molecule has 2 aliphatic rings. The van der Waals surface area contributed by atoms with E-state index in [1.54, 1.807) is 7.05 Å². The SMILES string of the molecule is CN1CCN(C(=O)C2CC2)C(CC(=O)O)C1=O. The zero-order valence-corrected chi connectivity index (χ0v) is 9.76. The number of carbonyl (C=O) groups excluding carboxylic acids is 2. The minimum absolute atomic E-state index is 0.0162. The molecule has 17 heavy (non-hydrogen) atoms. The van der Waals surface area contributed by atoms with Gasteiger partial charge in [0.2, 0.25) is 11.8 Å². The summed E-state index contributed by atoms with van der Waals surface area (Å²) in [6.45, 7) is 0.920. The van der Waals surface area contributed by atoms with Crippen LogP contribution in [0.5, 0.6) is 0 Å². The van der Waals surface area contributed by atoms with Crippen LogP contribution in [0.3, 0.4) is 0 Å². The largest absolute Gasteiger partial charge is 0.481 e. The third kappa shape index (κ3) is 2.40. The van der Waals surface area contributed by atoms with E-state index in [1.807, 2.05) is 0 Å². The zero-order chi connectivity index (χ0) is 12.6. The van der Waals surface area contributed by atoms with Crippen LogP contribution in [0.1, 0.15) is 19.3 Å². The molecule has 1 heterocycles. The standard InChI is InChI=1S/C11H16N2O4/c1-12-4-5-13(10(16)7-2-3-7)8(11(12)17)6-9(14)15/h7-8H,2-6H2,1H3,(H,14,15). The number of amides is 2. The number of nitrogens with zero attached hydrogens (tertiary/aromatic N) is 2. The summed E-state index contributed by atoms with van der Waals surface area (Å²) in [7, 11) is 1.64. The van der Waals surface area contributed by atoms with Gasteiger partial charge in [-0.1, -0.05) is 0 Å². The van der Waals surface area contributed by atoms with Crippen molar-refractivity contribution in [2.45, 2.75) is 25.3 Å². The molecule has 1 saturated carbocycles. The Morgan fingerprint density at radius 1 is 1.35 bits per heavy atom. The Morgan fingerprint density at radius 3 is 2.53 bits per heavy atom. The highest BCUT2D eigenvalue weighted by atomic mass is 16.4. The van der Waals surface area contributed by atoms with Crippen LogP contribution in [0.25, 0.3) is 0 Å². The van der Waals surface area contributed by atoms with Crippen molar-refractivity contribution >= 4 is 17.8 Å². The van der Waals surface area contributed by atoms with E-state index >= 15 is 0 Å². The van der Waals surface area contributed by atoms with Crippen molar-refractivity contribution in [1.82, 2.24) is 9.80 Å². The first-order chi connectivity index (χ1) is 8.00. The van der Waals surface area contributed by atoms with E-state index in [0.717, 1.165) is 12.8 Å². The predicted octanol–water partition coefficient (Wildman–Crippen LogP) is -0.460. The number of likely N-dealkylation sites (N-methyl/N-ethyl adjacent to an activating group) is 1. The highest BCUT2D eigenvalue weighted by molar-refractivity contribution is 5.92. The molecule has 1 saturated heterocycles. The normalized spacial score (nSPS) is 25.0. The van der Waals surface area contributed by atoms with Gasteiger partial charge >= 0.3 is 5.97 Å². The smallest absolute Gasteiger partial charge is 0.305 e. The van der Waals surface area contributed by atoms with E-state index in [1.165, 1.54) is 9.80 Å². The molecule has 1 N–H and O–H groups in total. The molecule has 2 rings (SSSR count). The van der Waals surface area contributed by atoms with Gasteiger partial charge in [-0.2, -0.15) is 0 Å². The van der Waals surface area contributed by atoms with E-state index < -0.39 is 12.0 Å². The molecule has 94 valence electrons. The van der Waals surface area contributed by atoms with Crippen molar-refractivity contribution in [1.29, 1.82) is 0 Å². The average molecular weight is 240 g/mol. The molecule has 6 heteroatoms. The highest BCUT2D eigenvalue weighted by Gasteiger charge is 2.42. The van der Waals surface area contributed by atoms with Gasteiger partial charge in [0.1, 0.15) is 6.04 Å². The number of hydrogen-bond acceptors (Lipinski definition) is 3. The molecule has 0 spiro atoms. The van der Waals surface area contributed by atoms with Crippen molar-refractivity contribution in [2.75, 3.05) is 20.1 Å². The molecule has 0 radical (unpaired) electrons. The lowest BCUT2D eigenvalue weighted by molar-refractivity contribution is -0.155. The number of carbonyl (C=O) groups is 3. The number of carboxylic acids is 1. The number of piperazine rings is 1. The fourth-order valence-electron chi connectivity index (χ4n) is 2.10. The number of rotatable bonds is 3. The summed E-state index contributed by atoms with van der Waals surface area (Å²) < 4.78 is 0. The maximum atomic E-state index is 12.0. The predicted molar refractivity (Wildman–Crippen MR) is 58.1 cm³/mol. The first-order valence-corrected chi connectivity index (χ1v) is 5.78. The summed E-state index contributed by atoms with van der Waals surface area (Å²) in [6.07, 6.45) is 1.42. The zero-order valence-electron chi connectivity index (χ0n) is 9.76. The maximum absolute atomic E-state index is 12.0. The molecule has 0 aromatic heterocycles. The topological polar surface area (TPSA) is 77.9 Å². The summed E-state index contributed by atoms with van der Waals surface area (Å²) in [5.41, 5.74) is 0. The van der Waals surface area contributed by atoms with Crippen LogP contribution in [-0.2, 0) is 14.4 Å². The van der Waals surface area contributed by atoms with Crippen molar-refractivity contribution in [3.63, 3.8) is 0 Å². The summed E-state index contributed by atoms with van der Waals surface area (Å²) >= 11 is 0. The second-order valence-corrected chi connectivity index (χ2v) is 4.68. The molecule has 1 aliphatic heterocycles. The van der Waals surface area contributed by atoms with Crippen LogP contribution in [0.2, 0.25) is 0 Å². The second kappa shape index (κ2) is 4.35. The first kappa shape index (κ1) is 11.9. The molecule has 1 unspecified atom stereocenters. The fraction of sp³-hybridized carbons (Fsp3) is 0.727. The van der Waals surface area contributed by atoms with Crippen molar-refractivity contribution in [2.24, 2.45) is 5.92 Å². The first-order valence-electron chi connectivity index (χ1n) is 5.78. The van der Waals surface area contributed by atoms with Gasteiger partial charge in [0.25, 0.3) is 0 Å². The lowest BCUT2D eigenvalue weighted by Gasteiger charge is -2.38. The minimum atomic E-state index is -1.05. The van der Waals surface area contributed by atoms with Gasteiger partial charge in [0.15, 0.2) is 0 Å². The third-order valence-electron chi connectivity index (χ3n) is 3.29. The molecule has 0 bridgehead atoms. The molecular weight excluding hydrogens is 224 g/mol. The summed E-state index contributed by atoms with van der Waals surface area (Å²) in [4.78, 5) is 37.6. The molecule has 2 fully saturated rings. The average Bonchev–Trinajstić information content (AvgIpc) is 3.07. The van der Waals surface area contributed by atoms with E-state index in [0.29, 0.717) is 13.1 Å². The maximum Gasteiger partial charge on any atom is 0.305 e. The van der Waals surface area contributed by atoms with Crippen LogP contribution >= 0.6 is 0 Å². The van der Waals surface area contributed by atoms with E-state index in [9.17, 15) is 14.4 Å². The van der Waals surface area contributed by atoms with Crippen LogP contribution in [0.15, 0.2) is 0 Å². The van der Waals surface area contributed by atoms with Crippen LogP contribution < -0.4 is 0 Å². The fourth-order valence-corrected chi connectivity index (χ4v) is 2.10. The summed E-state index contributed by atoms with van der Waals surface area (Å²) in [6, 6.07) is -0.820. The summed E-state index contributed by atoms with van der Waals surface area (Å²) in [5, 5.41) is 8.81. The van der Waals surface area contributed by atoms with E-state index in [2.05, 4.69) is 0 Å². The minimum Gasteiger partial charge on any atom is -0.481 e. The molecule has 6 nitrogen and oxygen atoms in total. The molecule has 0 aromatic carbocycles. The monoisotopic (exact) mass is 240 g/mol. The van der Waals surface area contributed by atoms with Crippen molar-refractivity contribution in [3.8, 4) is 0 Å². The quantitative estimate of drug-likeness (QED) is 0.724. The molecule has 1 atom stereocenters. The summed E-state index contributed by atoms with van der Waals surface area (Å²) in [5.74, 6) is -1.36. The number of aliphatic carboxylic acids is 1. The Labute approximate surface area is 99.2 Å². The Morgan fingerprint density at radius 2 is 2.00 bits per heavy atom. The van der Waals surface area contributed by atoms with Gasteiger partial charge in [0, 0.05) is 26.1 Å². The molecule has 0 aromatic rings. The molecular formula is C11H16N2O4. The molecule has 1 aliphatic carbocycles. The van der Waals surface area contributed by atoms with Gasteiger partial charge in [-0.3, -0.25) is 14.4 Å². The van der Waals surface area contributed by atoms with Crippen molar-refractivity contribution in [3.05, 3.63) is 0 Å². The Bertz CT molecular complexity index is 364. The van der Waals surface area contributed by atoms with Crippen molar-refractivity contribution < 1.29 is 19.5 Å². The number of hydrogen-bond donors (Lipinski definition) is 1. The Balaban J connectivity index is 2.13. The third-order valence-corrected chi connectivity index (χ3v) is 3.29. The lowest BCUT2D eigenvalue weighted by Crippen LogP contribution is -2.58. The highest BCUT2D eigenvalue weighted by Crippen LogP contribution is 2.32. The van der Waals surface area contributed by atoms with E-state index in [4.69, 9.17) is 5.11 Å². The van der Waals surface area contributed by atoms with E-state index in [-0.39, 0.29) is 24.2 Å². The van der Waals surface area contributed by atoms with Gasteiger partial charge in [-0.25, -0.2) is 0 Å². The lowest BCUT2D eigenvalue weighted by atomic mass is 10.1. The second-order valence-electron chi connectivity index (χ2n) is 4.68. The Hall–Kier alpha value is -1.59.